The minimum absolute atomic E-state index is 0.00909. The van der Waals surface area contributed by atoms with Crippen LogP contribution in [0.15, 0.2) is 24.3 Å². The monoisotopic (exact) mass is 1130 g/mol. The fourth-order valence-corrected chi connectivity index (χ4v) is 11.7. The molecule has 0 aliphatic carbocycles. The van der Waals surface area contributed by atoms with Gasteiger partial charge in [0.15, 0.2) is 0 Å². The van der Waals surface area contributed by atoms with Gasteiger partial charge in [-0.1, -0.05) is 366 Å². The SMILES string of the molecule is CCCCC/C=C\C/C=C\CCCCCCCC(=O)OCCCCCCCCCCCCCCCCCCCCCCCCCCCCCCCCCCCCCC(=O)NC(CO)C(O)CCCCCCCCCCCCCCC. The number of allylic oxidation sites excluding steroid dienone is 4. The third-order valence-corrected chi connectivity index (χ3v) is 17.3. The number of ether oxygens (including phenoxy) is 1. The van der Waals surface area contributed by atoms with E-state index in [4.69, 9.17) is 4.74 Å². The van der Waals surface area contributed by atoms with Crippen LogP contribution in [0.25, 0.3) is 0 Å². The van der Waals surface area contributed by atoms with Gasteiger partial charge in [0.25, 0.3) is 0 Å². The first-order valence-electron chi connectivity index (χ1n) is 36.6. The van der Waals surface area contributed by atoms with Gasteiger partial charge in [-0.25, -0.2) is 0 Å². The van der Waals surface area contributed by atoms with E-state index in [0.717, 1.165) is 51.4 Å². The van der Waals surface area contributed by atoms with Crippen molar-refractivity contribution >= 4 is 11.9 Å². The summed E-state index contributed by atoms with van der Waals surface area (Å²) < 4.78 is 5.49. The lowest BCUT2D eigenvalue weighted by atomic mass is 10.0. The molecular weight excluding hydrogens is 983 g/mol. The summed E-state index contributed by atoms with van der Waals surface area (Å²) in [5.41, 5.74) is 0. The molecule has 0 radical (unpaired) electrons. The van der Waals surface area contributed by atoms with Gasteiger partial charge in [0.2, 0.25) is 5.91 Å². The summed E-state index contributed by atoms with van der Waals surface area (Å²) in [7, 11) is 0. The van der Waals surface area contributed by atoms with Crippen LogP contribution in [0.1, 0.15) is 412 Å². The van der Waals surface area contributed by atoms with Gasteiger partial charge in [-0.3, -0.25) is 9.59 Å². The van der Waals surface area contributed by atoms with Crippen molar-refractivity contribution in [1.29, 1.82) is 0 Å². The predicted octanol–water partition coefficient (Wildman–Crippen LogP) is 23.7. The van der Waals surface area contributed by atoms with Gasteiger partial charge in [-0.05, 0) is 57.8 Å². The standard InChI is InChI=1S/C74H143NO5/c1-3-5-7-9-11-13-15-17-39-44-48-52-56-60-64-68-74(79)80-69-65-61-57-53-49-45-41-38-36-34-32-30-28-26-24-22-20-18-19-21-23-25-27-29-31-33-35-37-40-43-47-51-55-59-63-67-73(78)75-71(70-76)72(77)66-62-58-54-50-46-42-16-14-12-10-8-6-4-2/h11,13,17,39,71-72,76-77H,3-10,12,14-16,18-38,40-70H2,1-2H3,(H,75,78)/b13-11-,39-17-. The number of aliphatic hydroxyl groups is 2. The zero-order valence-electron chi connectivity index (χ0n) is 54.3. The number of hydrogen-bond donors (Lipinski definition) is 3. The number of nitrogens with one attached hydrogen (secondary N) is 1. The van der Waals surface area contributed by atoms with Crippen molar-refractivity contribution in [3.8, 4) is 0 Å². The molecular formula is C74H143NO5. The lowest BCUT2D eigenvalue weighted by molar-refractivity contribution is -0.143. The molecule has 0 aromatic heterocycles. The molecule has 6 nitrogen and oxygen atoms in total. The molecule has 0 spiro atoms. The van der Waals surface area contributed by atoms with Crippen molar-refractivity contribution in [3.05, 3.63) is 24.3 Å². The van der Waals surface area contributed by atoms with Crippen molar-refractivity contribution in [1.82, 2.24) is 5.32 Å². The highest BCUT2D eigenvalue weighted by atomic mass is 16.5. The van der Waals surface area contributed by atoms with Crippen LogP contribution in [-0.4, -0.2) is 47.4 Å². The highest BCUT2D eigenvalue weighted by Crippen LogP contribution is 2.19. The quantitative estimate of drug-likeness (QED) is 0.0320. The smallest absolute Gasteiger partial charge is 0.305 e. The number of esters is 1. The van der Waals surface area contributed by atoms with Crippen molar-refractivity contribution < 1.29 is 24.5 Å². The number of unbranched alkanes of at least 4 members (excludes halogenated alkanes) is 54. The van der Waals surface area contributed by atoms with Crippen molar-refractivity contribution in [2.75, 3.05) is 13.2 Å². The van der Waals surface area contributed by atoms with Crippen LogP contribution in [0.2, 0.25) is 0 Å². The predicted molar refractivity (Wildman–Crippen MR) is 352 cm³/mol. The zero-order chi connectivity index (χ0) is 57.8. The molecule has 0 saturated carbocycles. The molecule has 0 aromatic rings. The Kier molecular flexibility index (Phi) is 68.4. The summed E-state index contributed by atoms with van der Waals surface area (Å²) in [6.07, 6.45) is 88.3. The number of amides is 1. The van der Waals surface area contributed by atoms with Gasteiger partial charge in [-0.15, -0.1) is 0 Å². The number of carbonyl (C=O) groups excluding carboxylic acids is 2. The van der Waals surface area contributed by atoms with Crippen molar-refractivity contribution in [2.24, 2.45) is 0 Å². The lowest BCUT2D eigenvalue weighted by Gasteiger charge is -2.22. The largest absolute Gasteiger partial charge is 0.466 e. The minimum Gasteiger partial charge on any atom is -0.466 e. The van der Waals surface area contributed by atoms with Crippen LogP contribution in [0.4, 0.5) is 0 Å². The average molecular weight is 1130 g/mol. The molecule has 0 aliphatic heterocycles. The van der Waals surface area contributed by atoms with Crippen LogP contribution in [-0.2, 0) is 14.3 Å². The van der Waals surface area contributed by atoms with Crippen LogP contribution in [0, 0.1) is 0 Å². The van der Waals surface area contributed by atoms with Gasteiger partial charge in [-0.2, -0.15) is 0 Å². The van der Waals surface area contributed by atoms with E-state index in [1.54, 1.807) is 0 Å². The second-order valence-corrected chi connectivity index (χ2v) is 25.3. The van der Waals surface area contributed by atoms with Crippen molar-refractivity contribution in [3.63, 3.8) is 0 Å². The summed E-state index contributed by atoms with van der Waals surface area (Å²) in [6.45, 7) is 4.95. The molecule has 3 N–H and O–H groups in total. The Bertz CT molecular complexity index is 1250. The van der Waals surface area contributed by atoms with Gasteiger partial charge in [0.1, 0.15) is 0 Å². The van der Waals surface area contributed by atoms with Crippen LogP contribution < -0.4 is 5.32 Å². The van der Waals surface area contributed by atoms with Crippen molar-refractivity contribution in [2.45, 2.75) is 424 Å². The fraction of sp³-hybridized carbons (Fsp3) is 0.919. The highest BCUT2D eigenvalue weighted by Gasteiger charge is 2.20. The van der Waals surface area contributed by atoms with E-state index in [0.29, 0.717) is 25.9 Å². The molecule has 474 valence electrons. The average Bonchev–Trinajstić information content (AvgIpc) is 3.46. The van der Waals surface area contributed by atoms with Crippen LogP contribution in [0.3, 0.4) is 0 Å². The topological polar surface area (TPSA) is 95.9 Å². The van der Waals surface area contributed by atoms with E-state index in [2.05, 4.69) is 43.5 Å². The van der Waals surface area contributed by atoms with E-state index in [1.807, 2.05) is 0 Å². The Morgan fingerprint density at radius 1 is 0.350 bits per heavy atom. The Labute approximate surface area is 501 Å². The molecule has 0 heterocycles. The summed E-state index contributed by atoms with van der Waals surface area (Å²) in [5, 5.41) is 23.3. The van der Waals surface area contributed by atoms with E-state index in [-0.39, 0.29) is 18.5 Å². The Hall–Kier alpha value is -1.66. The molecule has 2 unspecified atom stereocenters. The van der Waals surface area contributed by atoms with Gasteiger partial charge in [0, 0.05) is 12.8 Å². The third kappa shape index (κ3) is 65.5. The van der Waals surface area contributed by atoms with Crippen LogP contribution >= 0.6 is 0 Å². The Balaban J connectivity index is 3.29. The van der Waals surface area contributed by atoms with E-state index >= 15 is 0 Å². The number of aliphatic hydroxyl groups excluding tert-OH is 2. The Morgan fingerprint density at radius 2 is 0.625 bits per heavy atom. The molecule has 0 saturated heterocycles. The fourth-order valence-electron chi connectivity index (χ4n) is 11.7. The highest BCUT2D eigenvalue weighted by molar-refractivity contribution is 5.76. The molecule has 6 heteroatoms. The number of hydrogen-bond acceptors (Lipinski definition) is 5. The number of rotatable bonds is 69. The zero-order valence-corrected chi connectivity index (χ0v) is 54.3. The van der Waals surface area contributed by atoms with E-state index < -0.39 is 12.1 Å². The first-order valence-corrected chi connectivity index (χ1v) is 36.6. The summed E-state index contributed by atoms with van der Waals surface area (Å²) in [5.74, 6) is -0.0183. The number of carbonyl (C=O) groups is 2. The first-order chi connectivity index (χ1) is 39.5. The first kappa shape index (κ1) is 78.3. The molecule has 2 atom stereocenters. The van der Waals surface area contributed by atoms with E-state index in [1.165, 1.54) is 327 Å². The summed E-state index contributed by atoms with van der Waals surface area (Å²) in [6, 6.07) is -0.536. The van der Waals surface area contributed by atoms with Gasteiger partial charge in [0.05, 0.1) is 25.4 Å². The molecule has 1 amide bonds. The second-order valence-electron chi connectivity index (χ2n) is 25.3. The molecule has 0 aliphatic rings. The summed E-state index contributed by atoms with van der Waals surface area (Å²) in [4.78, 5) is 24.6. The maximum Gasteiger partial charge on any atom is 0.305 e. The molecule has 0 rings (SSSR count). The van der Waals surface area contributed by atoms with E-state index in [9.17, 15) is 19.8 Å². The van der Waals surface area contributed by atoms with Gasteiger partial charge >= 0.3 is 5.97 Å². The maximum atomic E-state index is 12.5. The second kappa shape index (κ2) is 69.8. The molecule has 0 aromatic carbocycles. The lowest BCUT2D eigenvalue weighted by Crippen LogP contribution is -2.45. The molecule has 0 fully saturated rings. The van der Waals surface area contributed by atoms with Gasteiger partial charge < -0.3 is 20.3 Å². The normalized spacial score (nSPS) is 12.6. The molecule has 0 bridgehead atoms. The minimum atomic E-state index is -0.659. The molecule has 80 heavy (non-hydrogen) atoms. The third-order valence-electron chi connectivity index (χ3n) is 17.3. The maximum absolute atomic E-state index is 12.5. The summed E-state index contributed by atoms with van der Waals surface area (Å²) >= 11 is 0. The Morgan fingerprint density at radius 3 is 0.975 bits per heavy atom. The van der Waals surface area contributed by atoms with Crippen LogP contribution in [0.5, 0.6) is 0 Å².